The van der Waals surface area contributed by atoms with Crippen molar-refractivity contribution in [3.05, 3.63) is 75.7 Å². The first-order valence-electron chi connectivity index (χ1n) is 8.27. The Morgan fingerprint density at radius 1 is 0.833 bits per heavy atom. The van der Waals surface area contributed by atoms with Crippen LogP contribution in [-0.2, 0) is 5.41 Å². The summed E-state index contributed by atoms with van der Waals surface area (Å²) in [6.45, 7) is 10.5. The van der Waals surface area contributed by atoms with Gasteiger partial charge in [-0.2, -0.15) is 0 Å². The van der Waals surface area contributed by atoms with Gasteiger partial charge in [-0.15, -0.1) is 0 Å². The average Bonchev–Trinajstić information content (AvgIpc) is 2.87. The van der Waals surface area contributed by atoms with Crippen molar-refractivity contribution in [2.24, 2.45) is 0 Å². The molecule has 0 spiro atoms. The molecule has 3 nitrogen and oxygen atoms in total. The molecular formula is C21H24N2O. The van der Waals surface area contributed by atoms with Gasteiger partial charge in [0.2, 0.25) is 0 Å². The molecule has 2 aromatic carbocycles. The number of aromatic nitrogens is 2. The topological polar surface area (TPSA) is 37.8 Å². The largest absolute Gasteiger partial charge is 0.294 e. The Morgan fingerprint density at radius 2 is 1.33 bits per heavy atom. The Labute approximate surface area is 143 Å². The first kappa shape index (κ1) is 16.3. The second kappa shape index (κ2) is 5.82. The van der Waals surface area contributed by atoms with Crippen LogP contribution in [-0.4, -0.2) is 9.78 Å². The molecule has 0 aliphatic heterocycles. The Balaban J connectivity index is 2.26. The molecule has 1 aromatic heterocycles. The van der Waals surface area contributed by atoms with Crippen LogP contribution in [0.25, 0.3) is 16.8 Å². The van der Waals surface area contributed by atoms with Gasteiger partial charge in [0.05, 0.1) is 16.9 Å². The van der Waals surface area contributed by atoms with Crippen LogP contribution in [0.4, 0.5) is 0 Å². The number of benzene rings is 2. The van der Waals surface area contributed by atoms with Crippen LogP contribution in [0.2, 0.25) is 0 Å². The molecule has 0 saturated carbocycles. The van der Waals surface area contributed by atoms with Crippen LogP contribution < -0.4 is 5.56 Å². The van der Waals surface area contributed by atoms with E-state index in [9.17, 15) is 4.79 Å². The number of hydrogen-bond donors (Lipinski definition) is 1. The van der Waals surface area contributed by atoms with Crippen LogP contribution in [0.15, 0.2) is 53.3 Å². The third-order valence-electron chi connectivity index (χ3n) is 4.27. The predicted molar refractivity (Wildman–Crippen MR) is 100.0 cm³/mol. The standard InChI is InChI=1S/C21H24N2O/c1-14-6-10-16(11-7-14)18-19(21(3,4)5)22-23(20(18)24)17-12-8-15(2)9-13-17/h6-13,22H,1-5H3. The van der Waals surface area contributed by atoms with E-state index in [0.29, 0.717) is 0 Å². The SMILES string of the molecule is Cc1ccc(-c2c(C(C)(C)C)[nH]n(-c3ccc(C)cc3)c2=O)cc1. The number of aryl methyl sites for hydroxylation is 2. The molecule has 0 amide bonds. The van der Waals surface area contributed by atoms with Gasteiger partial charge >= 0.3 is 0 Å². The van der Waals surface area contributed by atoms with Gasteiger partial charge < -0.3 is 0 Å². The van der Waals surface area contributed by atoms with Gasteiger partial charge in [0.15, 0.2) is 0 Å². The molecule has 0 saturated heterocycles. The van der Waals surface area contributed by atoms with Gasteiger partial charge in [-0.25, -0.2) is 4.68 Å². The minimum absolute atomic E-state index is 0.00682. The van der Waals surface area contributed by atoms with E-state index in [-0.39, 0.29) is 11.0 Å². The highest BCUT2D eigenvalue weighted by Crippen LogP contribution is 2.30. The summed E-state index contributed by atoms with van der Waals surface area (Å²) in [5, 5.41) is 3.34. The van der Waals surface area contributed by atoms with Crippen LogP contribution in [0, 0.1) is 13.8 Å². The predicted octanol–water partition coefficient (Wildman–Crippen LogP) is 4.75. The Bertz CT molecular complexity index is 904. The lowest BCUT2D eigenvalue weighted by Crippen LogP contribution is -2.15. The molecule has 3 heteroatoms. The molecule has 0 unspecified atom stereocenters. The van der Waals surface area contributed by atoms with Crippen LogP contribution in [0.1, 0.15) is 37.6 Å². The van der Waals surface area contributed by atoms with Crippen LogP contribution in [0.3, 0.4) is 0 Å². The maximum Gasteiger partial charge on any atom is 0.279 e. The quantitative estimate of drug-likeness (QED) is 0.727. The highest BCUT2D eigenvalue weighted by atomic mass is 16.1. The number of H-pyrrole nitrogens is 1. The van der Waals surface area contributed by atoms with E-state index in [1.165, 1.54) is 11.1 Å². The lowest BCUT2D eigenvalue weighted by Gasteiger charge is -2.18. The zero-order valence-corrected chi connectivity index (χ0v) is 15.0. The first-order valence-corrected chi connectivity index (χ1v) is 8.27. The third kappa shape index (κ3) is 2.94. The molecule has 0 aliphatic carbocycles. The van der Waals surface area contributed by atoms with E-state index in [2.05, 4.69) is 32.8 Å². The van der Waals surface area contributed by atoms with Gasteiger partial charge in [0.1, 0.15) is 0 Å². The van der Waals surface area contributed by atoms with E-state index >= 15 is 0 Å². The van der Waals surface area contributed by atoms with Gasteiger partial charge in [0, 0.05) is 5.41 Å². The second-order valence-electron chi connectivity index (χ2n) is 7.45. The highest BCUT2D eigenvalue weighted by Gasteiger charge is 2.25. The fourth-order valence-corrected chi connectivity index (χ4v) is 2.84. The number of hydrogen-bond acceptors (Lipinski definition) is 1. The van der Waals surface area contributed by atoms with Crippen molar-refractivity contribution in [1.82, 2.24) is 9.78 Å². The molecule has 0 radical (unpaired) electrons. The van der Waals surface area contributed by atoms with Crippen molar-refractivity contribution in [3.8, 4) is 16.8 Å². The normalized spacial score (nSPS) is 11.7. The van der Waals surface area contributed by atoms with E-state index in [1.807, 2.05) is 55.5 Å². The number of nitrogens with one attached hydrogen (secondary N) is 1. The smallest absolute Gasteiger partial charge is 0.279 e. The van der Waals surface area contributed by atoms with Crippen molar-refractivity contribution in [2.75, 3.05) is 0 Å². The summed E-state index contributed by atoms with van der Waals surface area (Å²) >= 11 is 0. The number of rotatable bonds is 2. The summed E-state index contributed by atoms with van der Waals surface area (Å²) in [7, 11) is 0. The maximum absolute atomic E-state index is 13.1. The van der Waals surface area contributed by atoms with E-state index in [1.54, 1.807) is 4.68 Å². The summed E-state index contributed by atoms with van der Waals surface area (Å²) in [5.74, 6) is 0. The molecule has 0 aliphatic rings. The molecule has 124 valence electrons. The van der Waals surface area contributed by atoms with Crippen molar-refractivity contribution < 1.29 is 0 Å². The molecule has 0 bridgehead atoms. The van der Waals surface area contributed by atoms with Gasteiger partial charge in [-0.1, -0.05) is 68.3 Å². The van der Waals surface area contributed by atoms with Crippen LogP contribution >= 0.6 is 0 Å². The second-order valence-corrected chi connectivity index (χ2v) is 7.45. The van der Waals surface area contributed by atoms with Crippen molar-refractivity contribution in [1.29, 1.82) is 0 Å². The van der Waals surface area contributed by atoms with Crippen LogP contribution in [0.5, 0.6) is 0 Å². The zero-order valence-electron chi connectivity index (χ0n) is 15.0. The molecule has 24 heavy (non-hydrogen) atoms. The van der Waals surface area contributed by atoms with Gasteiger partial charge in [-0.05, 0) is 31.5 Å². The van der Waals surface area contributed by atoms with Gasteiger partial charge in [-0.3, -0.25) is 9.89 Å². The monoisotopic (exact) mass is 320 g/mol. The number of aromatic amines is 1. The Hall–Kier alpha value is -2.55. The average molecular weight is 320 g/mol. The lowest BCUT2D eigenvalue weighted by atomic mass is 9.87. The van der Waals surface area contributed by atoms with Crippen molar-refractivity contribution in [3.63, 3.8) is 0 Å². The summed E-state index contributed by atoms with van der Waals surface area (Å²) in [6.07, 6.45) is 0. The fourth-order valence-electron chi connectivity index (χ4n) is 2.84. The number of nitrogens with zero attached hydrogens (tertiary/aromatic N) is 1. The summed E-state index contributed by atoms with van der Waals surface area (Å²) < 4.78 is 1.65. The first-order chi connectivity index (χ1) is 11.3. The third-order valence-corrected chi connectivity index (χ3v) is 4.27. The minimum atomic E-state index is -0.157. The molecule has 3 rings (SSSR count). The fraction of sp³-hybridized carbons (Fsp3) is 0.286. The molecule has 0 atom stereocenters. The Kier molecular flexibility index (Phi) is 3.96. The summed E-state index contributed by atoms with van der Waals surface area (Å²) in [6, 6.07) is 16.1. The molecule has 0 fully saturated rings. The molecule has 1 N–H and O–H groups in total. The van der Waals surface area contributed by atoms with Crippen molar-refractivity contribution in [2.45, 2.75) is 40.0 Å². The molecule has 3 aromatic rings. The highest BCUT2D eigenvalue weighted by molar-refractivity contribution is 5.67. The molecular weight excluding hydrogens is 296 g/mol. The van der Waals surface area contributed by atoms with Crippen molar-refractivity contribution >= 4 is 0 Å². The van der Waals surface area contributed by atoms with E-state index in [0.717, 1.165) is 22.5 Å². The van der Waals surface area contributed by atoms with Gasteiger partial charge in [0.25, 0.3) is 5.56 Å². The summed E-state index contributed by atoms with van der Waals surface area (Å²) in [5.41, 5.74) is 5.72. The van der Waals surface area contributed by atoms with E-state index < -0.39 is 0 Å². The Morgan fingerprint density at radius 3 is 1.83 bits per heavy atom. The minimum Gasteiger partial charge on any atom is -0.294 e. The maximum atomic E-state index is 13.1. The lowest BCUT2D eigenvalue weighted by molar-refractivity contribution is 0.561. The summed E-state index contributed by atoms with van der Waals surface area (Å²) in [4.78, 5) is 13.1. The molecule has 1 heterocycles. The zero-order chi connectivity index (χ0) is 17.5. The van der Waals surface area contributed by atoms with E-state index in [4.69, 9.17) is 0 Å².